The summed E-state index contributed by atoms with van der Waals surface area (Å²) in [4.78, 5) is 0.540. The number of alkyl halides is 1. The van der Waals surface area contributed by atoms with Gasteiger partial charge in [-0.25, -0.2) is 0 Å². The number of hydrogen-bond donors (Lipinski definition) is 0. The van der Waals surface area contributed by atoms with E-state index in [0.717, 1.165) is 24.3 Å². The van der Waals surface area contributed by atoms with Gasteiger partial charge >= 0.3 is 0 Å². The van der Waals surface area contributed by atoms with Crippen molar-refractivity contribution in [1.82, 2.24) is 0 Å². The van der Waals surface area contributed by atoms with Gasteiger partial charge in [0.1, 0.15) is 11.5 Å². The van der Waals surface area contributed by atoms with Crippen molar-refractivity contribution in [2.45, 2.75) is 31.5 Å². The van der Waals surface area contributed by atoms with Crippen molar-refractivity contribution in [3.8, 4) is 11.5 Å². The maximum absolute atomic E-state index is 5.37. The Kier molecular flexibility index (Phi) is 5.83. The highest BCUT2D eigenvalue weighted by Gasteiger charge is 2.11. The molecule has 0 heterocycles. The van der Waals surface area contributed by atoms with Crippen molar-refractivity contribution in [1.29, 1.82) is 0 Å². The zero-order valence-electron chi connectivity index (χ0n) is 11.0. The van der Waals surface area contributed by atoms with Crippen molar-refractivity contribution in [2.24, 2.45) is 5.92 Å². The van der Waals surface area contributed by atoms with E-state index < -0.39 is 0 Å². The van der Waals surface area contributed by atoms with Crippen LogP contribution >= 0.6 is 15.9 Å². The molecule has 0 radical (unpaired) electrons. The van der Waals surface area contributed by atoms with Crippen molar-refractivity contribution in [3.63, 3.8) is 0 Å². The summed E-state index contributed by atoms with van der Waals surface area (Å²) >= 11 is 3.71. The second kappa shape index (κ2) is 6.90. The van der Waals surface area contributed by atoms with E-state index in [2.05, 4.69) is 35.8 Å². The molecule has 0 aliphatic carbocycles. The maximum Gasteiger partial charge on any atom is 0.122 e. The van der Waals surface area contributed by atoms with Crippen LogP contribution < -0.4 is 9.47 Å². The highest BCUT2D eigenvalue weighted by molar-refractivity contribution is 9.09. The third-order valence-electron chi connectivity index (χ3n) is 2.90. The Morgan fingerprint density at radius 3 is 2.41 bits per heavy atom. The summed E-state index contributed by atoms with van der Waals surface area (Å²) in [6.07, 6.45) is 2.09. The predicted molar refractivity (Wildman–Crippen MR) is 75.4 cm³/mol. The maximum atomic E-state index is 5.37. The second-order valence-electron chi connectivity index (χ2n) is 4.48. The fraction of sp³-hybridized carbons (Fsp3) is 0.571. The summed E-state index contributed by atoms with van der Waals surface area (Å²) in [7, 11) is 3.40. The number of rotatable bonds is 6. The normalized spacial score (nSPS) is 12.6. The van der Waals surface area contributed by atoms with Gasteiger partial charge in [0.15, 0.2) is 0 Å². The standard InChI is InChI=1S/C14H21BrO2/c1-10(2)13(15)7-5-11-9-12(16-3)6-8-14(11)17-4/h6,8-10,13H,5,7H2,1-4H3. The van der Waals surface area contributed by atoms with Gasteiger partial charge in [0, 0.05) is 4.83 Å². The van der Waals surface area contributed by atoms with Crippen LogP contribution in [0.25, 0.3) is 0 Å². The molecular weight excluding hydrogens is 280 g/mol. The Bertz CT molecular complexity index is 350. The molecular formula is C14H21BrO2. The van der Waals surface area contributed by atoms with Gasteiger partial charge in [-0.1, -0.05) is 29.8 Å². The molecule has 17 heavy (non-hydrogen) atoms. The summed E-state index contributed by atoms with van der Waals surface area (Å²) in [5, 5.41) is 0. The van der Waals surface area contributed by atoms with Crippen molar-refractivity contribution in [3.05, 3.63) is 23.8 Å². The quantitative estimate of drug-likeness (QED) is 0.738. The predicted octanol–water partition coefficient (Wildman–Crippen LogP) is 4.06. The lowest BCUT2D eigenvalue weighted by molar-refractivity contribution is 0.397. The van der Waals surface area contributed by atoms with Crippen LogP contribution in [0.2, 0.25) is 0 Å². The summed E-state index contributed by atoms with van der Waals surface area (Å²) in [6.45, 7) is 4.45. The third-order valence-corrected chi connectivity index (χ3v) is 4.42. The Morgan fingerprint density at radius 2 is 1.88 bits per heavy atom. The van der Waals surface area contributed by atoms with E-state index in [4.69, 9.17) is 9.47 Å². The molecule has 1 rings (SSSR count). The molecule has 2 nitrogen and oxygen atoms in total. The molecule has 1 unspecified atom stereocenters. The van der Waals surface area contributed by atoms with Crippen LogP contribution in [-0.2, 0) is 6.42 Å². The summed E-state index contributed by atoms with van der Waals surface area (Å²) in [6, 6.07) is 5.95. The number of benzene rings is 1. The Hall–Kier alpha value is -0.700. The first-order valence-electron chi connectivity index (χ1n) is 5.93. The van der Waals surface area contributed by atoms with Gasteiger partial charge in [0.25, 0.3) is 0 Å². The lowest BCUT2D eigenvalue weighted by Gasteiger charge is -2.15. The van der Waals surface area contributed by atoms with Gasteiger partial charge in [-0.05, 0) is 42.5 Å². The number of ether oxygens (including phenoxy) is 2. The van der Waals surface area contributed by atoms with Crippen molar-refractivity contribution < 1.29 is 9.47 Å². The Morgan fingerprint density at radius 1 is 1.18 bits per heavy atom. The van der Waals surface area contributed by atoms with Gasteiger partial charge in [-0.2, -0.15) is 0 Å². The van der Waals surface area contributed by atoms with Crippen molar-refractivity contribution >= 4 is 15.9 Å². The van der Waals surface area contributed by atoms with E-state index >= 15 is 0 Å². The highest BCUT2D eigenvalue weighted by atomic mass is 79.9. The fourth-order valence-electron chi connectivity index (χ4n) is 1.70. The number of methoxy groups -OCH3 is 2. The number of aryl methyl sites for hydroxylation is 1. The summed E-state index contributed by atoms with van der Waals surface area (Å²) in [5.74, 6) is 2.47. The molecule has 0 aliphatic heterocycles. The first-order chi connectivity index (χ1) is 8.08. The van der Waals surface area contributed by atoms with E-state index in [1.807, 2.05) is 12.1 Å². The monoisotopic (exact) mass is 300 g/mol. The van der Waals surface area contributed by atoms with Crippen LogP contribution in [0.1, 0.15) is 25.8 Å². The fourth-order valence-corrected chi connectivity index (χ4v) is 1.93. The first kappa shape index (κ1) is 14.4. The van der Waals surface area contributed by atoms with Crippen LogP contribution in [0, 0.1) is 5.92 Å². The molecule has 0 aliphatic rings. The molecule has 0 saturated heterocycles. The molecule has 1 aromatic carbocycles. The minimum atomic E-state index is 0.540. The van der Waals surface area contributed by atoms with E-state index in [0.29, 0.717) is 10.7 Å². The largest absolute Gasteiger partial charge is 0.497 e. The topological polar surface area (TPSA) is 18.5 Å². The van der Waals surface area contributed by atoms with E-state index in [-0.39, 0.29) is 0 Å². The zero-order valence-corrected chi connectivity index (χ0v) is 12.6. The SMILES string of the molecule is COc1ccc(OC)c(CCC(Br)C(C)C)c1. The lowest BCUT2D eigenvalue weighted by Crippen LogP contribution is -2.08. The average Bonchev–Trinajstić information content (AvgIpc) is 2.35. The van der Waals surface area contributed by atoms with E-state index in [1.165, 1.54) is 5.56 Å². The van der Waals surface area contributed by atoms with Crippen LogP contribution in [0.3, 0.4) is 0 Å². The van der Waals surface area contributed by atoms with Crippen LogP contribution in [-0.4, -0.2) is 19.0 Å². The Balaban J connectivity index is 2.74. The highest BCUT2D eigenvalue weighted by Crippen LogP contribution is 2.27. The van der Waals surface area contributed by atoms with Gasteiger partial charge in [-0.3, -0.25) is 0 Å². The third kappa shape index (κ3) is 4.23. The molecule has 1 atom stereocenters. The molecule has 3 heteroatoms. The van der Waals surface area contributed by atoms with Crippen LogP contribution in [0.5, 0.6) is 11.5 Å². The average molecular weight is 301 g/mol. The molecule has 0 aromatic heterocycles. The summed E-state index contributed by atoms with van der Waals surface area (Å²) in [5.41, 5.74) is 1.21. The van der Waals surface area contributed by atoms with E-state index in [9.17, 15) is 0 Å². The zero-order chi connectivity index (χ0) is 12.8. The van der Waals surface area contributed by atoms with Gasteiger partial charge < -0.3 is 9.47 Å². The minimum absolute atomic E-state index is 0.540. The van der Waals surface area contributed by atoms with E-state index in [1.54, 1.807) is 14.2 Å². The van der Waals surface area contributed by atoms with Crippen molar-refractivity contribution in [2.75, 3.05) is 14.2 Å². The van der Waals surface area contributed by atoms with Gasteiger partial charge in [-0.15, -0.1) is 0 Å². The first-order valence-corrected chi connectivity index (χ1v) is 6.85. The molecule has 0 saturated carbocycles. The molecule has 0 fully saturated rings. The van der Waals surface area contributed by atoms with Crippen LogP contribution in [0.4, 0.5) is 0 Å². The molecule has 0 N–H and O–H groups in total. The molecule has 0 bridgehead atoms. The molecule has 1 aromatic rings. The van der Waals surface area contributed by atoms with Gasteiger partial charge in [0.2, 0.25) is 0 Å². The second-order valence-corrected chi connectivity index (χ2v) is 5.65. The Labute approximate surface area is 112 Å². The molecule has 0 spiro atoms. The van der Waals surface area contributed by atoms with Gasteiger partial charge in [0.05, 0.1) is 14.2 Å². The number of hydrogen-bond acceptors (Lipinski definition) is 2. The smallest absolute Gasteiger partial charge is 0.122 e. The molecule has 0 amide bonds. The minimum Gasteiger partial charge on any atom is -0.497 e. The summed E-state index contributed by atoms with van der Waals surface area (Å²) < 4.78 is 10.6. The lowest BCUT2D eigenvalue weighted by atomic mass is 10.0. The number of halogens is 1. The molecule has 96 valence electrons. The van der Waals surface area contributed by atoms with Crippen LogP contribution in [0.15, 0.2) is 18.2 Å².